The van der Waals surface area contributed by atoms with Crippen molar-refractivity contribution in [1.29, 1.82) is 0 Å². The van der Waals surface area contributed by atoms with Gasteiger partial charge in [0, 0.05) is 5.25 Å². The van der Waals surface area contributed by atoms with Crippen LogP contribution in [0, 0.1) is 0 Å². The summed E-state index contributed by atoms with van der Waals surface area (Å²) < 4.78 is 32.4. The van der Waals surface area contributed by atoms with Gasteiger partial charge < -0.3 is 9.66 Å². The summed E-state index contributed by atoms with van der Waals surface area (Å²) in [6, 6.07) is 0. The van der Waals surface area contributed by atoms with E-state index in [9.17, 15) is 18.1 Å². The van der Waals surface area contributed by atoms with Gasteiger partial charge in [-0.3, -0.25) is 0 Å². The van der Waals surface area contributed by atoms with Crippen LogP contribution in [0.3, 0.4) is 0 Å². The molecule has 0 aromatic rings. The molecule has 0 aliphatic rings. The molecule has 28 heavy (non-hydrogen) atoms. The van der Waals surface area contributed by atoms with Crippen LogP contribution in [0.25, 0.3) is 0 Å². The van der Waals surface area contributed by atoms with Gasteiger partial charge in [-0.25, -0.2) is 8.42 Å². The van der Waals surface area contributed by atoms with Crippen molar-refractivity contribution in [3.63, 3.8) is 0 Å². The molecule has 0 amide bonds. The van der Waals surface area contributed by atoms with E-state index in [1.54, 1.807) is 0 Å². The van der Waals surface area contributed by atoms with Gasteiger partial charge in [0.15, 0.2) is 0 Å². The van der Waals surface area contributed by atoms with E-state index >= 15 is 0 Å². The number of aliphatic hydroxyl groups is 1. The van der Waals surface area contributed by atoms with Crippen LogP contribution in [0.4, 0.5) is 0 Å². The first kappa shape index (κ1) is 31.1. The minimum absolute atomic E-state index is 0. The maximum atomic E-state index is 10.8. The summed E-state index contributed by atoms with van der Waals surface area (Å²) in [7, 11) is -4.09. The molecule has 2 atom stereocenters. The molecule has 0 fully saturated rings. The summed E-state index contributed by atoms with van der Waals surface area (Å²) in [6.07, 6.45) is 20.4. The molecule has 0 saturated carbocycles. The summed E-state index contributed by atoms with van der Waals surface area (Å²) in [4.78, 5) is 0. The quantitative estimate of drug-likeness (QED) is 0.183. The van der Waals surface area contributed by atoms with Gasteiger partial charge in [0.05, 0.1) is 16.2 Å². The van der Waals surface area contributed by atoms with E-state index in [1.807, 2.05) is 0 Å². The van der Waals surface area contributed by atoms with Crippen molar-refractivity contribution in [3.05, 3.63) is 0 Å². The molecule has 1 N–H and O–H groups in total. The predicted molar refractivity (Wildman–Crippen MR) is 114 cm³/mol. The van der Waals surface area contributed by atoms with Crippen molar-refractivity contribution in [3.8, 4) is 0 Å². The van der Waals surface area contributed by atoms with Gasteiger partial charge in [-0.2, -0.15) is 0 Å². The molecule has 0 heterocycles. The molecule has 0 rings (SSSR count). The van der Waals surface area contributed by atoms with Crippen LogP contribution in [0.15, 0.2) is 0 Å². The molecular formula is C22H45NaO4S. The SMILES string of the molecule is CCCCCCC(O)CCCCCCCCCCCCCC(C)S(=O)(=O)[O-].[Na+]. The third kappa shape index (κ3) is 21.6. The Morgan fingerprint density at radius 2 is 1.00 bits per heavy atom. The number of aliphatic hydroxyl groups excluding tert-OH is 1. The predicted octanol–water partition coefficient (Wildman–Crippen LogP) is 3.33. The zero-order chi connectivity index (χ0) is 20.4. The smallest absolute Gasteiger partial charge is 0.748 e. The van der Waals surface area contributed by atoms with Gasteiger partial charge in [0.2, 0.25) is 0 Å². The van der Waals surface area contributed by atoms with Crippen LogP contribution in [-0.4, -0.2) is 29.4 Å². The van der Waals surface area contributed by atoms with Crippen LogP contribution in [0.1, 0.15) is 129 Å². The minimum atomic E-state index is -4.09. The first-order valence-corrected chi connectivity index (χ1v) is 13.0. The van der Waals surface area contributed by atoms with E-state index in [-0.39, 0.29) is 35.7 Å². The molecule has 164 valence electrons. The molecule has 0 saturated heterocycles. The van der Waals surface area contributed by atoms with Gasteiger partial charge in [-0.1, -0.05) is 103 Å². The first-order valence-electron chi connectivity index (χ1n) is 11.5. The number of rotatable bonds is 20. The first-order chi connectivity index (χ1) is 12.9. The summed E-state index contributed by atoms with van der Waals surface area (Å²) >= 11 is 0. The molecule has 0 aromatic heterocycles. The Balaban J connectivity index is 0. The third-order valence-electron chi connectivity index (χ3n) is 5.53. The summed E-state index contributed by atoms with van der Waals surface area (Å²) in [5.41, 5.74) is 0. The Morgan fingerprint density at radius 1 is 0.679 bits per heavy atom. The molecule has 0 radical (unpaired) electrons. The van der Waals surface area contributed by atoms with Gasteiger partial charge >= 0.3 is 29.6 Å². The Hall–Kier alpha value is 0.870. The molecule has 0 aromatic carbocycles. The number of hydrogen-bond acceptors (Lipinski definition) is 4. The second-order valence-corrected chi connectivity index (χ2v) is 10.1. The number of hydrogen-bond donors (Lipinski definition) is 1. The standard InChI is InChI=1S/C22H46O4S.Na/c1-3-4-5-16-19-22(23)20-17-14-12-10-8-6-7-9-11-13-15-18-21(2)27(24,25)26;/h21-23H,3-20H2,1-2H3,(H,24,25,26);/q;+1/p-1. The van der Waals surface area contributed by atoms with E-state index in [1.165, 1.54) is 77.6 Å². The monoisotopic (exact) mass is 428 g/mol. The van der Waals surface area contributed by atoms with Crippen molar-refractivity contribution >= 4 is 10.1 Å². The van der Waals surface area contributed by atoms with E-state index < -0.39 is 15.4 Å². The second kappa shape index (κ2) is 21.1. The van der Waals surface area contributed by atoms with Crippen LogP contribution in [0.5, 0.6) is 0 Å². The molecule has 6 heteroatoms. The van der Waals surface area contributed by atoms with Crippen LogP contribution in [-0.2, 0) is 10.1 Å². The Morgan fingerprint density at radius 3 is 1.36 bits per heavy atom. The maximum Gasteiger partial charge on any atom is 1.00 e. The van der Waals surface area contributed by atoms with Crippen molar-refractivity contribution in [2.24, 2.45) is 0 Å². The average molecular weight is 429 g/mol. The Bertz CT molecular complexity index is 415. The summed E-state index contributed by atoms with van der Waals surface area (Å²) in [5, 5.41) is 9.20. The fourth-order valence-corrected chi connectivity index (χ4v) is 3.95. The van der Waals surface area contributed by atoms with Crippen molar-refractivity contribution in [1.82, 2.24) is 0 Å². The maximum absolute atomic E-state index is 10.8. The van der Waals surface area contributed by atoms with Gasteiger partial charge in [-0.05, 0) is 26.2 Å². The van der Waals surface area contributed by atoms with Gasteiger partial charge in [0.1, 0.15) is 0 Å². The van der Waals surface area contributed by atoms with E-state index in [2.05, 4.69) is 6.92 Å². The van der Waals surface area contributed by atoms with Crippen molar-refractivity contribution < 1.29 is 47.6 Å². The minimum Gasteiger partial charge on any atom is -0.748 e. The molecule has 4 nitrogen and oxygen atoms in total. The zero-order valence-corrected chi connectivity index (χ0v) is 21.8. The number of unbranched alkanes of at least 4 members (excludes halogenated alkanes) is 13. The molecule has 0 aliphatic heterocycles. The topological polar surface area (TPSA) is 77.4 Å². The molecule has 0 aliphatic carbocycles. The van der Waals surface area contributed by atoms with Crippen LogP contribution >= 0.6 is 0 Å². The fourth-order valence-electron chi connectivity index (χ4n) is 3.50. The fraction of sp³-hybridized carbons (Fsp3) is 1.00. The zero-order valence-electron chi connectivity index (χ0n) is 19.0. The van der Waals surface area contributed by atoms with E-state index in [4.69, 9.17) is 0 Å². The summed E-state index contributed by atoms with van der Waals surface area (Å²) in [6.45, 7) is 3.72. The molecule has 2 unspecified atom stereocenters. The van der Waals surface area contributed by atoms with Gasteiger partial charge in [0.25, 0.3) is 0 Å². The Kier molecular flexibility index (Phi) is 23.4. The van der Waals surface area contributed by atoms with Crippen LogP contribution in [0.2, 0.25) is 0 Å². The van der Waals surface area contributed by atoms with E-state index in [0.29, 0.717) is 6.42 Å². The molecule has 0 bridgehead atoms. The largest absolute Gasteiger partial charge is 1.00 e. The van der Waals surface area contributed by atoms with Crippen molar-refractivity contribution in [2.45, 2.75) is 141 Å². The van der Waals surface area contributed by atoms with Gasteiger partial charge in [-0.15, -0.1) is 0 Å². The molecular weight excluding hydrogens is 383 g/mol. The second-order valence-electron chi connectivity index (χ2n) is 8.27. The average Bonchev–Trinajstić information content (AvgIpc) is 2.61. The van der Waals surface area contributed by atoms with E-state index in [0.717, 1.165) is 38.5 Å². The van der Waals surface area contributed by atoms with Crippen molar-refractivity contribution in [2.75, 3.05) is 0 Å². The molecule has 0 spiro atoms. The summed E-state index contributed by atoms with van der Waals surface area (Å²) in [5.74, 6) is 0. The normalized spacial score (nSPS) is 13.9. The Labute approximate surface area is 197 Å². The third-order valence-corrected chi connectivity index (χ3v) is 6.75. The van der Waals surface area contributed by atoms with Crippen LogP contribution < -0.4 is 29.6 Å².